The molecule has 7 nitrogen and oxygen atoms in total. The first-order valence-corrected chi connectivity index (χ1v) is 7.23. The average Bonchev–Trinajstić information content (AvgIpc) is 2.49. The van der Waals surface area contributed by atoms with Crippen LogP contribution in [0.5, 0.6) is 0 Å². The fraction of sp³-hybridized carbons (Fsp3) is 0.312. The van der Waals surface area contributed by atoms with E-state index in [1.807, 2.05) is 69.2 Å². The normalized spacial score (nSPS) is 10.1. The van der Waals surface area contributed by atoms with Gasteiger partial charge in [0, 0.05) is 33.9 Å². The van der Waals surface area contributed by atoms with Gasteiger partial charge in [0.2, 0.25) is 5.95 Å². The molecule has 0 unspecified atom stereocenters. The number of carbonyl (C=O) groups excluding carboxylic acids is 1. The fourth-order valence-electron chi connectivity index (χ4n) is 1.93. The molecule has 1 aromatic heterocycles. The summed E-state index contributed by atoms with van der Waals surface area (Å²) >= 11 is 0. The van der Waals surface area contributed by atoms with Gasteiger partial charge in [-0.3, -0.25) is 0 Å². The lowest BCUT2D eigenvalue weighted by molar-refractivity contribution is 0.262. The van der Waals surface area contributed by atoms with Crippen LogP contribution in [0.4, 0.5) is 27.9 Å². The highest BCUT2D eigenvalue weighted by atomic mass is 16.2. The van der Waals surface area contributed by atoms with Crippen molar-refractivity contribution in [2.24, 2.45) is 0 Å². The second-order valence-corrected chi connectivity index (χ2v) is 5.64. The molecule has 0 aliphatic rings. The fourth-order valence-corrected chi connectivity index (χ4v) is 1.93. The summed E-state index contributed by atoms with van der Waals surface area (Å²) in [6.45, 7) is 2.00. The quantitative estimate of drug-likeness (QED) is 0.907. The molecule has 0 fully saturated rings. The van der Waals surface area contributed by atoms with Crippen LogP contribution in [0.1, 0.15) is 5.56 Å². The van der Waals surface area contributed by atoms with Gasteiger partial charge in [-0.2, -0.15) is 4.98 Å². The maximum Gasteiger partial charge on any atom is 0.323 e. The van der Waals surface area contributed by atoms with Crippen LogP contribution >= 0.6 is 0 Å². The molecule has 2 aromatic rings. The summed E-state index contributed by atoms with van der Waals surface area (Å²) in [6.07, 6.45) is 1.60. The molecule has 0 aliphatic carbocycles. The monoisotopic (exact) mass is 314 g/mol. The Morgan fingerprint density at radius 1 is 1.00 bits per heavy atom. The molecule has 23 heavy (non-hydrogen) atoms. The Morgan fingerprint density at radius 2 is 1.65 bits per heavy atom. The van der Waals surface area contributed by atoms with E-state index >= 15 is 0 Å². The summed E-state index contributed by atoms with van der Waals surface area (Å²) in [4.78, 5) is 24.5. The van der Waals surface area contributed by atoms with Crippen molar-refractivity contribution < 1.29 is 4.79 Å². The second kappa shape index (κ2) is 6.95. The van der Waals surface area contributed by atoms with E-state index < -0.39 is 0 Å². The number of amides is 2. The predicted molar refractivity (Wildman–Crippen MR) is 94.5 cm³/mol. The van der Waals surface area contributed by atoms with Crippen LogP contribution in [-0.2, 0) is 0 Å². The van der Waals surface area contributed by atoms with Crippen molar-refractivity contribution in [1.82, 2.24) is 9.97 Å². The van der Waals surface area contributed by atoms with E-state index in [1.54, 1.807) is 6.20 Å². The number of hydrogen-bond acceptors (Lipinski definition) is 5. The molecule has 0 radical (unpaired) electrons. The topological polar surface area (TPSA) is 73.4 Å². The summed E-state index contributed by atoms with van der Waals surface area (Å²) in [5.41, 5.74) is 2.41. The smallest absolute Gasteiger partial charge is 0.323 e. The first kappa shape index (κ1) is 16.5. The number of hydrogen-bond donors (Lipinski definition) is 2. The van der Waals surface area contributed by atoms with E-state index in [9.17, 15) is 4.79 Å². The van der Waals surface area contributed by atoms with Crippen molar-refractivity contribution >= 4 is 29.2 Å². The zero-order valence-electron chi connectivity index (χ0n) is 14.1. The Hall–Kier alpha value is -2.83. The summed E-state index contributed by atoms with van der Waals surface area (Å²) < 4.78 is 0. The largest absolute Gasteiger partial charge is 0.361 e. The molecular formula is C16H22N6O. The first-order valence-electron chi connectivity index (χ1n) is 7.23. The number of anilines is 4. The molecule has 1 aromatic carbocycles. The average molecular weight is 314 g/mol. The molecule has 2 rings (SSSR count). The number of benzene rings is 1. The van der Waals surface area contributed by atoms with Crippen molar-refractivity contribution in [2.75, 3.05) is 48.6 Å². The summed E-state index contributed by atoms with van der Waals surface area (Å²) in [6, 6.07) is 7.25. The van der Waals surface area contributed by atoms with Crippen LogP contribution in [0.2, 0.25) is 0 Å². The molecule has 0 bridgehead atoms. The number of carbonyl (C=O) groups is 1. The lowest BCUT2D eigenvalue weighted by atomic mass is 10.2. The number of urea groups is 1. The molecule has 0 saturated heterocycles. The number of rotatable bonds is 4. The van der Waals surface area contributed by atoms with Gasteiger partial charge >= 0.3 is 6.03 Å². The van der Waals surface area contributed by atoms with Crippen LogP contribution < -0.4 is 20.4 Å². The molecule has 7 heteroatoms. The van der Waals surface area contributed by atoms with Crippen molar-refractivity contribution in [2.45, 2.75) is 6.92 Å². The highest BCUT2D eigenvalue weighted by Gasteiger charge is 2.13. The molecule has 122 valence electrons. The van der Waals surface area contributed by atoms with Gasteiger partial charge in [-0.1, -0.05) is 17.7 Å². The molecule has 0 saturated carbocycles. The zero-order valence-corrected chi connectivity index (χ0v) is 14.1. The van der Waals surface area contributed by atoms with E-state index in [2.05, 4.69) is 20.6 Å². The Kier molecular flexibility index (Phi) is 5.00. The minimum Gasteiger partial charge on any atom is -0.361 e. The van der Waals surface area contributed by atoms with Crippen molar-refractivity contribution in [1.29, 1.82) is 0 Å². The van der Waals surface area contributed by atoms with Gasteiger partial charge in [0.25, 0.3) is 0 Å². The Morgan fingerprint density at radius 3 is 2.22 bits per heavy atom. The first-order chi connectivity index (χ1) is 10.9. The molecule has 2 N–H and O–H groups in total. The third-order valence-electron chi connectivity index (χ3n) is 3.14. The number of aromatic nitrogens is 2. The van der Waals surface area contributed by atoms with Gasteiger partial charge in [0.15, 0.2) is 5.82 Å². The highest BCUT2D eigenvalue weighted by molar-refractivity contribution is 6.01. The zero-order chi connectivity index (χ0) is 17.0. The van der Waals surface area contributed by atoms with Crippen molar-refractivity contribution in [3.63, 3.8) is 0 Å². The highest BCUT2D eigenvalue weighted by Crippen LogP contribution is 2.23. The van der Waals surface area contributed by atoms with Crippen molar-refractivity contribution in [3.05, 3.63) is 36.0 Å². The van der Waals surface area contributed by atoms with E-state index in [0.29, 0.717) is 17.5 Å². The molecule has 0 aliphatic heterocycles. The van der Waals surface area contributed by atoms with Gasteiger partial charge in [0.05, 0.1) is 6.20 Å². The van der Waals surface area contributed by atoms with E-state index in [-0.39, 0.29) is 6.03 Å². The number of nitrogens with one attached hydrogen (secondary N) is 2. The number of aryl methyl sites for hydroxylation is 1. The van der Waals surface area contributed by atoms with Gasteiger partial charge < -0.3 is 20.4 Å². The van der Waals surface area contributed by atoms with Crippen molar-refractivity contribution in [3.8, 4) is 0 Å². The summed E-state index contributed by atoms with van der Waals surface area (Å²) in [7, 11) is 7.47. The second-order valence-electron chi connectivity index (χ2n) is 5.64. The minimum atomic E-state index is -0.335. The molecular weight excluding hydrogens is 292 g/mol. The molecule has 2 amide bonds. The van der Waals surface area contributed by atoms with E-state index in [0.717, 1.165) is 11.3 Å². The van der Waals surface area contributed by atoms with Gasteiger partial charge in [-0.25, -0.2) is 9.78 Å². The third kappa shape index (κ3) is 4.32. The molecule has 0 atom stereocenters. The Bertz CT molecular complexity index is 681. The van der Waals surface area contributed by atoms with Gasteiger partial charge in [-0.15, -0.1) is 0 Å². The summed E-state index contributed by atoms with van der Waals surface area (Å²) in [5, 5.41) is 5.57. The molecule has 0 spiro atoms. The van der Waals surface area contributed by atoms with Crippen LogP contribution in [0.25, 0.3) is 0 Å². The van der Waals surface area contributed by atoms with Crippen LogP contribution in [0.15, 0.2) is 30.5 Å². The van der Waals surface area contributed by atoms with Crippen LogP contribution in [0.3, 0.4) is 0 Å². The van der Waals surface area contributed by atoms with Gasteiger partial charge in [-0.05, 0) is 19.1 Å². The van der Waals surface area contributed by atoms with E-state index in [1.165, 1.54) is 0 Å². The Balaban J connectivity index is 2.15. The lowest BCUT2D eigenvalue weighted by Crippen LogP contribution is -2.23. The SMILES string of the molecule is Cc1ccc(NC(=O)Nc2cnc(N(C)C)nc2N(C)C)cc1. The third-order valence-corrected chi connectivity index (χ3v) is 3.14. The molecule has 1 heterocycles. The maximum absolute atomic E-state index is 12.2. The van der Waals surface area contributed by atoms with Gasteiger partial charge in [0.1, 0.15) is 5.69 Å². The maximum atomic E-state index is 12.2. The van der Waals surface area contributed by atoms with Crippen LogP contribution in [0, 0.1) is 6.92 Å². The standard InChI is InChI=1S/C16H22N6O/c1-11-6-8-12(9-7-11)18-16(23)19-13-10-17-15(22(4)5)20-14(13)21(2)3/h6-10H,1-5H3,(H2,18,19,23). The Labute approximate surface area is 136 Å². The lowest BCUT2D eigenvalue weighted by Gasteiger charge is -2.19. The van der Waals surface area contributed by atoms with E-state index in [4.69, 9.17) is 0 Å². The number of nitrogens with zero attached hydrogens (tertiary/aromatic N) is 4. The predicted octanol–water partition coefficient (Wildman–Crippen LogP) is 2.56. The summed E-state index contributed by atoms with van der Waals surface area (Å²) in [5.74, 6) is 1.22. The van der Waals surface area contributed by atoms with Crippen LogP contribution in [-0.4, -0.2) is 44.2 Å². The minimum absolute atomic E-state index is 0.335.